The van der Waals surface area contributed by atoms with E-state index in [0.717, 1.165) is 19.3 Å². The second kappa shape index (κ2) is 9.00. The average Bonchev–Trinajstić information content (AvgIpc) is 3.34. The summed E-state index contributed by atoms with van der Waals surface area (Å²) in [4.78, 5) is 27.0. The molecule has 154 valence electrons. The van der Waals surface area contributed by atoms with Crippen molar-refractivity contribution in [3.05, 3.63) is 42.4 Å². The Bertz CT molecular complexity index is 852. The largest absolute Gasteiger partial charge is 0.490 e. The van der Waals surface area contributed by atoms with E-state index >= 15 is 0 Å². The number of carbonyl (C=O) groups is 2. The number of rotatable bonds is 6. The zero-order chi connectivity index (χ0) is 20.1. The zero-order valence-corrected chi connectivity index (χ0v) is 16.2. The fraction of sp³-hybridized carbons (Fsp3) is 0.429. The summed E-state index contributed by atoms with van der Waals surface area (Å²) in [6.45, 7) is 2.43. The molecule has 0 unspecified atom stereocenters. The van der Waals surface area contributed by atoms with Gasteiger partial charge in [0.1, 0.15) is 5.76 Å². The lowest BCUT2D eigenvalue weighted by Gasteiger charge is -2.23. The molecule has 2 amide bonds. The third kappa shape index (κ3) is 4.89. The zero-order valence-electron chi connectivity index (χ0n) is 16.2. The number of hydrogen-bond donors (Lipinski definition) is 2. The van der Waals surface area contributed by atoms with E-state index in [2.05, 4.69) is 10.6 Å². The van der Waals surface area contributed by atoms with Crippen LogP contribution in [0.2, 0.25) is 0 Å². The molecule has 1 fully saturated rings. The highest BCUT2D eigenvalue weighted by Crippen LogP contribution is 2.32. The van der Waals surface area contributed by atoms with Gasteiger partial charge in [0.25, 0.3) is 0 Å². The van der Waals surface area contributed by atoms with Gasteiger partial charge in [-0.05, 0) is 43.7 Å². The molecule has 3 heterocycles. The summed E-state index contributed by atoms with van der Waals surface area (Å²) < 4.78 is 16.5. The van der Waals surface area contributed by atoms with Gasteiger partial charge in [0.2, 0.25) is 11.8 Å². The molecule has 0 saturated carbocycles. The van der Waals surface area contributed by atoms with Crippen LogP contribution >= 0.6 is 0 Å². The number of amides is 2. The first-order valence-corrected chi connectivity index (χ1v) is 9.93. The molecule has 2 aliphatic rings. The predicted octanol–water partition coefficient (Wildman–Crippen LogP) is 2.16. The normalized spacial score (nSPS) is 18.8. The Morgan fingerprint density at radius 1 is 1.10 bits per heavy atom. The van der Waals surface area contributed by atoms with Gasteiger partial charge >= 0.3 is 0 Å². The lowest BCUT2D eigenvalue weighted by atomic mass is 10.2. The molecular weight excluding hydrogens is 374 g/mol. The van der Waals surface area contributed by atoms with Crippen LogP contribution in [0.25, 0.3) is 0 Å². The van der Waals surface area contributed by atoms with Gasteiger partial charge in [-0.3, -0.25) is 14.5 Å². The van der Waals surface area contributed by atoms with Crippen molar-refractivity contribution in [2.45, 2.75) is 31.8 Å². The topological polar surface area (TPSA) is 93.0 Å². The van der Waals surface area contributed by atoms with Crippen LogP contribution in [0.3, 0.4) is 0 Å². The fourth-order valence-corrected chi connectivity index (χ4v) is 3.64. The number of nitrogens with one attached hydrogen (secondary N) is 2. The first kappa shape index (κ1) is 19.3. The number of furan rings is 1. The number of benzene rings is 1. The number of anilines is 1. The number of ether oxygens (including phenoxy) is 2. The monoisotopic (exact) mass is 399 g/mol. The van der Waals surface area contributed by atoms with E-state index in [1.807, 2.05) is 11.0 Å². The summed E-state index contributed by atoms with van der Waals surface area (Å²) in [6, 6.07) is 8.67. The van der Waals surface area contributed by atoms with E-state index in [-0.39, 0.29) is 24.4 Å². The van der Waals surface area contributed by atoms with Crippen molar-refractivity contribution in [3.63, 3.8) is 0 Å². The van der Waals surface area contributed by atoms with Gasteiger partial charge in [0.15, 0.2) is 11.5 Å². The van der Waals surface area contributed by atoms with Crippen LogP contribution in [0.4, 0.5) is 5.69 Å². The summed E-state index contributed by atoms with van der Waals surface area (Å²) in [7, 11) is 0. The fourth-order valence-electron chi connectivity index (χ4n) is 3.64. The number of hydrogen-bond acceptors (Lipinski definition) is 6. The van der Waals surface area contributed by atoms with E-state index < -0.39 is 0 Å². The van der Waals surface area contributed by atoms with E-state index in [9.17, 15) is 9.59 Å². The van der Waals surface area contributed by atoms with Gasteiger partial charge in [0.05, 0.1) is 38.6 Å². The maximum Gasteiger partial charge on any atom is 0.238 e. The van der Waals surface area contributed by atoms with E-state index in [1.165, 1.54) is 0 Å². The predicted molar refractivity (Wildman–Crippen MR) is 106 cm³/mol. The molecule has 8 nitrogen and oxygen atoms in total. The highest BCUT2D eigenvalue weighted by Gasteiger charge is 2.31. The van der Waals surface area contributed by atoms with Crippen molar-refractivity contribution >= 4 is 17.5 Å². The Morgan fingerprint density at radius 2 is 1.97 bits per heavy atom. The van der Waals surface area contributed by atoms with Gasteiger partial charge in [-0.1, -0.05) is 0 Å². The van der Waals surface area contributed by atoms with Crippen LogP contribution in [0.1, 0.15) is 25.0 Å². The summed E-state index contributed by atoms with van der Waals surface area (Å²) in [5.74, 6) is 1.78. The van der Waals surface area contributed by atoms with Crippen LogP contribution in [0.15, 0.2) is 41.0 Å². The minimum atomic E-state index is -0.306. The quantitative estimate of drug-likeness (QED) is 0.773. The third-order valence-electron chi connectivity index (χ3n) is 5.06. The Hall–Kier alpha value is -3.00. The van der Waals surface area contributed by atoms with Crippen molar-refractivity contribution in [1.82, 2.24) is 10.2 Å². The van der Waals surface area contributed by atoms with Crippen molar-refractivity contribution < 1.29 is 23.5 Å². The molecule has 4 rings (SSSR count). The molecule has 2 aliphatic heterocycles. The molecule has 2 aromatic rings. The standard InChI is InChI=1S/C21H25N3O5/c25-20(23-15-6-7-18-19(12-15)29-11-3-10-28-18)14-24-8-1-5-17(24)21(26)22-13-16-4-2-9-27-16/h2,4,6-7,9,12,17H,1,3,5,8,10-11,13-14H2,(H,22,26)(H,23,25)/t17-/m1/s1. The van der Waals surface area contributed by atoms with Gasteiger partial charge in [-0.25, -0.2) is 0 Å². The van der Waals surface area contributed by atoms with Gasteiger partial charge in [-0.15, -0.1) is 0 Å². The molecule has 1 saturated heterocycles. The molecule has 1 aromatic carbocycles. The molecular formula is C21H25N3O5. The van der Waals surface area contributed by atoms with Crippen LogP contribution < -0.4 is 20.1 Å². The molecule has 29 heavy (non-hydrogen) atoms. The van der Waals surface area contributed by atoms with Crippen LogP contribution in [-0.4, -0.2) is 49.1 Å². The smallest absolute Gasteiger partial charge is 0.238 e. The average molecular weight is 399 g/mol. The summed E-state index contributed by atoms with van der Waals surface area (Å²) >= 11 is 0. The molecule has 0 aliphatic carbocycles. The molecule has 0 radical (unpaired) electrons. The molecule has 1 atom stereocenters. The molecule has 8 heteroatoms. The van der Waals surface area contributed by atoms with Gasteiger partial charge in [0, 0.05) is 18.2 Å². The van der Waals surface area contributed by atoms with Crippen LogP contribution in [0.5, 0.6) is 11.5 Å². The molecule has 1 aromatic heterocycles. The van der Waals surface area contributed by atoms with Crippen molar-refractivity contribution in [2.75, 3.05) is 31.6 Å². The summed E-state index contributed by atoms with van der Waals surface area (Å²) in [5, 5.41) is 5.77. The van der Waals surface area contributed by atoms with E-state index in [1.54, 1.807) is 30.5 Å². The Morgan fingerprint density at radius 3 is 2.79 bits per heavy atom. The first-order valence-electron chi connectivity index (χ1n) is 9.93. The van der Waals surface area contributed by atoms with Gasteiger partial charge in [-0.2, -0.15) is 0 Å². The Balaban J connectivity index is 1.31. The maximum atomic E-state index is 12.5. The van der Waals surface area contributed by atoms with Gasteiger partial charge < -0.3 is 24.5 Å². The minimum absolute atomic E-state index is 0.0812. The van der Waals surface area contributed by atoms with E-state index in [0.29, 0.717) is 49.2 Å². The number of nitrogens with zero attached hydrogens (tertiary/aromatic N) is 1. The highest BCUT2D eigenvalue weighted by atomic mass is 16.5. The van der Waals surface area contributed by atoms with Crippen molar-refractivity contribution in [3.8, 4) is 11.5 Å². The second-order valence-corrected chi connectivity index (χ2v) is 7.19. The first-order chi connectivity index (χ1) is 14.2. The SMILES string of the molecule is O=C(CN1CCC[C@@H]1C(=O)NCc1ccco1)Nc1ccc2c(c1)OCCCO2. The lowest BCUT2D eigenvalue weighted by molar-refractivity contribution is -0.126. The van der Waals surface area contributed by atoms with Crippen molar-refractivity contribution in [1.29, 1.82) is 0 Å². The molecule has 0 spiro atoms. The second-order valence-electron chi connectivity index (χ2n) is 7.19. The lowest BCUT2D eigenvalue weighted by Crippen LogP contribution is -2.45. The van der Waals surface area contributed by atoms with Crippen LogP contribution in [-0.2, 0) is 16.1 Å². The molecule has 2 N–H and O–H groups in total. The summed E-state index contributed by atoms with van der Waals surface area (Å²) in [5.41, 5.74) is 0.650. The minimum Gasteiger partial charge on any atom is -0.490 e. The number of likely N-dealkylation sites (tertiary alicyclic amines) is 1. The number of fused-ring (bicyclic) bond motifs is 1. The maximum absolute atomic E-state index is 12.5. The highest BCUT2D eigenvalue weighted by molar-refractivity contribution is 5.93. The van der Waals surface area contributed by atoms with Crippen LogP contribution in [0, 0.1) is 0 Å². The van der Waals surface area contributed by atoms with E-state index in [4.69, 9.17) is 13.9 Å². The summed E-state index contributed by atoms with van der Waals surface area (Å²) in [6.07, 6.45) is 4.03. The Labute approximate surface area is 169 Å². The Kier molecular flexibility index (Phi) is 6.00. The number of carbonyl (C=O) groups excluding carboxylic acids is 2. The van der Waals surface area contributed by atoms with Crippen molar-refractivity contribution in [2.24, 2.45) is 0 Å². The third-order valence-corrected chi connectivity index (χ3v) is 5.06. The molecule has 0 bridgehead atoms.